The van der Waals surface area contributed by atoms with E-state index in [2.05, 4.69) is 5.32 Å². The Morgan fingerprint density at radius 1 is 1.33 bits per heavy atom. The fraction of sp³-hybridized carbons (Fsp3) is 0.154. The lowest BCUT2D eigenvalue weighted by atomic mass is 10.2. The van der Waals surface area contributed by atoms with Crippen LogP contribution < -0.4 is 5.32 Å². The second kappa shape index (κ2) is 5.46. The van der Waals surface area contributed by atoms with E-state index in [1.165, 1.54) is 18.4 Å². The van der Waals surface area contributed by atoms with Crippen LogP contribution in [-0.2, 0) is 13.1 Å². The molecule has 0 aliphatic rings. The van der Waals surface area contributed by atoms with Gasteiger partial charge in [-0.25, -0.2) is 9.18 Å². The summed E-state index contributed by atoms with van der Waals surface area (Å²) in [7, 11) is 0. The molecule has 1 aromatic carbocycles. The number of hydrogen-bond donors (Lipinski definition) is 2. The van der Waals surface area contributed by atoms with E-state index in [9.17, 15) is 9.18 Å². The molecule has 2 N–H and O–H groups in total. The Morgan fingerprint density at radius 3 is 2.89 bits per heavy atom. The van der Waals surface area contributed by atoms with Crippen molar-refractivity contribution in [2.75, 3.05) is 0 Å². The van der Waals surface area contributed by atoms with Crippen LogP contribution in [0.25, 0.3) is 0 Å². The average molecular weight is 249 g/mol. The Kier molecular flexibility index (Phi) is 3.74. The van der Waals surface area contributed by atoms with E-state index in [0.717, 1.165) is 5.56 Å². The lowest BCUT2D eigenvalue weighted by molar-refractivity contribution is 0.0660. The standard InChI is InChI=1S/C13H12FNO3/c14-11-3-1-2-9(6-11)7-15-8-10-4-5-18-12(10)13(16)17/h1-6,15H,7-8H2,(H,16,17). The Bertz CT molecular complexity index is 551. The number of carbonyl (C=O) groups is 1. The summed E-state index contributed by atoms with van der Waals surface area (Å²) in [6, 6.07) is 7.83. The zero-order valence-electron chi connectivity index (χ0n) is 9.52. The first-order valence-electron chi connectivity index (χ1n) is 5.41. The summed E-state index contributed by atoms with van der Waals surface area (Å²) in [5.74, 6) is -1.45. The number of nitrogens with one attached hydrogen (secondary N) is 1. The molecule has 0 aliphatic carbocycles. The second-order valence-corrected chi connectivity index (χ2v) is 3.81. The van der Waals surface area contributed by atoms with Crippen molar-refractivity contribution in [3.8, 4) is 0 Å². The minimum atomic E-state index is -1.09. The molecule has 0 bridgehead atoms. The summed E-state index contributed by atoms with van der Waals surface area (Å²) >= 11 is 0. The molecule has 94 valence electrons. The highest BCUT2D eigenvalue weighted by atomic mass is 19.1. The van der Waals surface area contributed by atoms with Crippen molar-refractivity contribution in [3.63, 3.8) is 0 Å². The third-order valence-electron chi connectivity index (χ3n) is 2.47. The van der Waals surface area contributed by atoms with Crippen molar-refractivity contribution >= 4 is 5.97 Å². The van der Waals surface area contributed by atoms with Gasteiger partial charge in [0.1, 0.15) is 5.82 Å². The van der Waals surface area contributed by atoms with Crippen molar-refractivity contribution in [2.24, 2.45) is 0 Å². The van der Waals surface area contributed by atoms with E-state index in [4.69, 9.17) is 9.52 Å². The second-order valence-electron chi connectivity index (χ2n) is 3.81. The fourth-order valence-corrected chi connectivity index (χ4v) is 1.65. The number of benzene rings is 1. The molecular formula is C13H12FNO3. The molecule has 5 heteroatoms. The molecule has 0 fully saturated rings. The van der Waals surface area contributed by atoms with E-state index in [1.54, 1.807) is 18.2 Å². The maximum atomic E-state index is 12.9. The van der Waals surface area contributed by atoms with Crippen LogP contribution in [0.5, 0.6) is 0 Å². The van der Waals surface area contributed by atoms with Gasteiger partial charge >= 0.3 is 5.97 Å². The highest BCUT2D eigenvalue weighted by Gasteiger charge is 2.12. The maximum Gasteiger partial charge on any atom is 0.372 e. The SMILES string of the molecule is O=C(O)c1occc1CNCc1cccc(F)c1. The molecule has 4 nitrogen and oxygen atoms in total. The van der Waals surface area contributed by atoms with E-state index < -0.39 is 5.97 Å². The van der Waals surface area contributed by atoms with Crippen LogP contribution in [0.1, 0.15) is 21.7 Å². The molecule has 0 spiro atoms. The number of halogens is 1. The summed E-state index contributed by atoms with van der Waals surface area (Å²) in [5.41, 5.74) is 1.37. The molecule has 0 radical (unpaired) electrons. The van der Waals surface area contributed by atoms with Crippen LogP contribution in [0.2, 0.25) is 0 Å². The molecule has 0 saturated carbocycles. The van der Waals surface area contributed by atoms with Gasteiger partial charge in [0.2, 0.25) is 5.76 Å². The Balaban J connectivity index is 1.92. The van der Waals surface area contributed by atoms with Crippen LogP contribution in [0, 0.1) is 5.82 Å². The number of furan rings is 1. The summed E-state index contributed by atoms with van der Waals surface area (Å²) in [4.78, 5) is 10.8. The van der Waals surface area contributed by atoms with Gasteiger partial charge in [-0.1, -0.05) is 12.1 Å². The molecule has 0 unspecified atom stereocenters. The lowest BCUT2D eigenvalue weighted by Gasteiger charge is -2.04. The van der Waals surface area contributed by atoms with Crippen LogP contribution in [0.15, 0.2) is 41.0 Å². The number of carboxylic acids is 1. The number of aromatic carboxylic acids is 1. The predicted molar refractivity (Wildman–Crippen MR) is 62.6 cm³/mol. The predicted octanol–water partition coefficient (Wildman–Crippen LogP) is 2.41. The average Bonchev–Trinajstić information content (AvgIpc) is 2.77. The highest BCUT2D eigenvalue weighted by Crippen LogP contribution is 2.10. The summed E-state index contributed by atoms with van der Waals surface area (Å²) in [6.45, 7) is 0.816. The zero-order chi connectivity index (χ0) is 13.0. The van der Waals surface area contributed by atoms with Gasteiger partial charge in [0.15, 0.2) is 0 Å². The number of rotatable bonds is 5. The minimum absolute atomic E-state index is 0.0678. The molecular weight excluding hydrogens is 237 g/mol. The van der Waals surface area contributed by atoms with Crippen LogP contribution in [0.4, 0.5) is 4.39 Å². The number of hydrogen-bond acceptors (Lipinski definition) is 3. The third-order valence-corrected chi connectivity index (χ3v) is 2.47. The van der Waals surface area contributed by atoms with Gasteiger partial charge in [-0.3, -0.25) is 0 Å². The van der Waals surface area contributed by atoms with Crippen molar-refractivity contribution in [1.82, 2.24) is 5.32 Å². The topological polar surface area (TPSA) is 62.5 Å². The molecule has 1 heterocycles. The van der Waals surface area contributed by atoms with E-state index >= 15 is 0 Å². The first-order valence-corrected chi connectivity index (χ1v) is 5.41. The first-order chi connectivity index (χ1) is 8.66. The fourth-order valence-electron chi connectivity index (χ4n) is 1.65. The van der Waals surface area contributed by atoms with Gasteiger partial charge < -0.3 is 14.8 Å². The van der Waals surface area contributed by atoms with E-state index in [-0.39, 0.29) is 11.6 Å². The van der Waals surface area contributed by atoms with Crippen molar-refractivity contribution < 1.29 is 18.7 Å². The summed E-state index contributed by atoms with van der Waals surface area (Å²) in [5, 5.41) is 11.9. The molecule has 0 aliphatic heterocycles. The van der Waals surface area contributed by atoms with Gasteiger partial charge in [-0.05, 0) is 23.8 Å². The molecule has 2 aromatic rings. The molecule has 0 amide bonds. The van der Waals surface area contributed by atoms with Crippen LogP contribution >= 0.6 is 0 Å². The molecule has 18 heavy (non-hydrogen) atoms. The Labute approximate surface area is 103 Å². The van der Waals surface area contributed by atoms with Gasteiger partial charge in [0.25, 0.3) is 0 Å². The molecule has 0 saturated heterocycles. The quantitative estimate of drug-likeness (QED) is 0.854. The van der Waals surface area contributed by atoms with Crippen molar-refractivity contribution in [3.05, 3.63) is 59.3 Å². The number of carboxylic acid groups (broad SMARTS) is 1. The van der Waals surface area contributed by atoms with E-state index in [1.807, 2.05) is 0 Å². The normalized spacial score (nSPS) is 10.5. The molecule has 2 rings (SSSR count). The van der Waals surface area contributed by atoms with Crippen LogP contribution in [-0.4, -0.2) is 11.1 Å². The smallest absolute Gasteiger partial charge is 0.372 e. The monoisotopic (exact) mass is 249 g/mol. The first kappa shape index (κ1) is 12.3. The summed E-state index contributed by atoms with van der Waals surface area (Å²) in [6.07, 6.45) is 1.34. The third kappa shape index (κ3) is 2.95. The van der Waals surface area contributed by atoms with Crippen LogP contribution in [0.3, 0.4) is 0 Å². The minimum Gasteiger partial charge on any atom is -0.475 e. The lowest BCUT2D eigenvalue weighted by Crippen LogP contribution is -2.14. The zero-order valence-corrected chi connectivity index (χ0v) is 9.52. The van der Waals surface area contributed by atoms with Gasteiger partial charge in [0, 0.05) is 18.7 Å². The van der Waals surface area contributed by atoms with Gasteiger partial charge in [-0.15, -0.1) is 0 Å². The summed E-state index contributed by atoms with van der Waals surface area (Å²) < 4.78 is 17.8. The molecule has 0 atom stereocenters. The Morgan fingerprint density at radius 2 is 2.17 bits per heavy atom. The van der Waals surface area contributed by atoms with Gasteiger partial charge in [0.05, 0.1) is 6.26 Å². The maximum absolute atomic E-state index is 12.9. The van der Waals surface area contributed by atoms with Crippen molar-refractivity contribution in [2.45, 2.75) is 13.1 Å². The highest BCUT2D eigenvalue weighted by molar-refractivity contribution is 5.86. The van der Waals surface area contributed by atoms with Gasteiger partial charge in [-0.2, -0.15) is 0 Å². The largest absolute Gasteiger partial charge is 0.475 e. The Hall–Kier alpha value is -2.14. The van der Waals surface area contributed by atoms with E-state index in [0.29, 0.717) is 18.7 Å². The van der Waals surface area contributed by atoms with Crippen molar-refractivity contribution in [1.29, 1.82) is 0 Å². The molecule has 1 aromatic heterocycles.